The summed E-state index contributed by atoms with van der Waals surface area (Å²) in [7, 11) is 0. The molecule has 2 unspecified atom stereocenters. The van der Waals surface area contributed by atoms with Crippen LogP contribution < -0.4 is 5.32 Å². The molecule has 1 nitrogen and oxygen atoms in total. The van der Waals surface area contributed by atoms with Gasteiger partial charge in [-0.25, -0.2) is 0 Å². The van der Waals surface area contributed by atoms with Crippen LogP contribution in [0.1, 0.15) is 49.1 Å². The maximum absolute atomic E-state index is 3.62. The number of hydrogen-bond acceptors (Lipinski definition) is 2. The molecule has 0 saturated carbocycles. The highest BCUT2D eigenvalue weighted by Gasteiger charge is 2.25. The molecule has 1 N–H and O–H groups in total. The predicted molar refractivity (Wildman–Crippen MR) is 58.4 cm³/mol. The topological polar surface area (TPSA) is 12.0 Å². The quantitative estimate of drug-likeness (QED) is 0.763. The summed E-state index contributed by atoms with van der Waals surface area (Å²) in [6, 6.07) is 2.91. The van der Waals surface area contributed by atoms with E-state index in [1.54, 1.807) is 10.4 Å². The molecule has 2 heteroatoms. The van der Waals surface area contributed by atoms with Gasteiger partial charge in [0.15, 0.2) is 0 Å². The molecule has 0 saturated heterocycles. The molecule has 2 heterocycles. The largest absolute Gasteiger partial charge is 0.309 e. The van der Waals surface area contributed by atoms with E-state index in [9.17, 15) is 0 Å². The molecule has 2 rings (SSSR count). The minimum absolute atomic E-state index is 0.615. The van der Waals surface area contributed by atoms with Crippen LogP contribution in [-0.2, 0) is 0 Å². The summed E-state index contributed by atoms with van der Waals surface area (Å²) in [6.07, 6.45) is 2.47. The number of hydrogen-bond donors (Lipinski definition) is 1. The monoisotopic (exact) mass is 195 g/mol. The van der Waals surface area contributed by atoms with Gasteiger partial charge in [0.1, 0.15) is 0 Å². The zero-order chi connectivity index (χ0) is 9.26. The third-order valence-corrected chi connectivity index (χ3v) is 4.08. The number of nitrogens with one attached hydrogen (secondary N) is 1. The summed E-state index contributed by atoms with van der Waals surface area (Å²) in [4.78, 5) is 1.63. The van der Waals surface area contributed by atoms with Gasteiger partial charge in [-0.15, -0.1) is 11.3 Å². The number of fused-ring (bicyclic) bond motifs is 1. The summed E-state index contributed by atoms with van der Waals surface area (Å²) >= 11 is 1.94. The molecule has 13 heavy (non-hydrogen) atoms. The van der Waals surface area contributed by atoms with Gasteiger partial charge in [0.2, 0.25) is 0 Å². The van der Waals surface area contributed by atoms with Gasteiger partial charge in [-0.05, 0) is 29.9 Å². The Balaban J connectivity index is 2.31. The molecule has 0 fully saturated rings. The van der Waals surface area contributed by atoms with Crippen molar-refractivity contribution in [1.29, 1.82) is 0 Å². The van der Waals surface area contributed by atoms with Gasteiger partial charge in [0, 0.05) is 23.4 Å². The first-order valence-corrected chi connectivity index (χ1v) is 6.05. The van der Waals surface area contributed by atoms with E-state index in [-0.39, 0.29) is 0 Å². The highest BCUT2D eigenvalue weighted by Crippen LogP contribution is 2.36. The summed E-state index contributed by atoms with van der Waals surface area (Å²) in [5.41, 5.74) is 1.56. The fraction of sp³-hybridized carbons (Fsp3) is 0.636. The Bertz CT molecular complexity index is 253. The minimum atomic E-state index is 0.615. The molecule has 2 atom stereocenters. The lowest BCUT2D eigenvalue weighted by atomic mass is 9.92. The maximum Gasteiger partial charge on any atom is 0.0329 e. The van der Waals surface area contributed by atoms with Gasteiger partial charge < -0.3 is 5.32 Å². The molecule has 0 spiro atoms. The first-order valence-electron chi connectivity index (χ1n) is 5.17. The molecule has 0 aliphatic carbocycles. The molecule has 0 bridgehead atoms. The average Bonchev–Trinajstić information content (AvgIpc) is 2.64. The Kier molecular flexibility index (Phi) is 2.70. The van der Waals surface area contributed by atoms with Crippen molar-refractivity contribution in [1.82, 2.24) is 5.32 Å². The van der Waals surface area contributed by atoms with E-state index < -0.39 is 0 Å². The molecule has 0 amide bonds. The van der Waals surface area contributed by atoms with Crippen molar-refractivity contribution < 1.29 is 0 Å². The second-order valence-electron chi connectivity index (χ2n) is 3.71. The highest BCUT2D eigenvalue weighted by atomic mass is 32.1. The van der Waals surface area contributed by atoms with Crippen LogP contribution in [0.15, 0.2) is 11.4 Å². The van der Waals surface area contributed by atoms with Crippen LogP contribution in [0.4, 0.5) is 0 Å². The molecule has 0 aromatic carbocycles. The van der Waals surface area contributed by atoms with Crippen molar-refractivity contribution in [3.05, 3.63) is 21.9 Å². The lowest BCUT2D eigenvalue weighted by Crippen LogP contribution is -2.31. The second kappa shape index (κ2) is 3.81. The number of rotatable bonds is 2. The van der Waals surface area contributed by atoms with Crippen LogP contribution in [0.25, 0.3) is 0 Å². The predicted octanol–water partition coefficient (Wildman–Crippen LogP) is 3.30. The van der Waals surface area contributed by atoms with Crippen molar-refractivity contribution >= 4 is 11.3 Å². The average molecular weight is 195 g/mol. The number of thiophene rings is 1. The van der Waals surface area contributed by atoms with Crippen LogP contribution in [0.2, 0.25) is 0 Å². The van der Waals surface area contributed by atoms with Gasteiger partial charge in [-0.2, -0.15) is 0 Å². The Morgan fingerprint density at radius 2 is 2.31 bits per heavy atom. The lowest BCUT2D eigenvalue weighted by molar-refractivity contribution is 0.445. The first-order chi connectivity index (χ1) is 6.36. The molecule has 72 valence electrons. The third-order valence-electron chi connectivity index (χ3n) is 2.99. The SMILES string of the molecule is CCC1CNC(CC)c2ccsc21. The summed E-state index contributed by atoms with van der Waals surface area (Å²) < 4.78 is 0. The zero-order valence-electron chi connectivity index (χ0n) is 8.34. The molecule has 1 aromatic heterocycles. The van der Waals surface area contributed by atoms with Gasteiger partial charge in [-0.3, -0.25) is 0 Å². The van der Waals surface area contributed by atoms with Crippen LogP contribution in [0, 0.1) is 0 Å². The standard InChI is InChI=1S/C11H17NS/c1-3-8-7-12-10(4-2)9-5-6-13-11(8)9/h5-6,8,10,12H,3-4,7H2,1-2H3. The smallest absolute Gasteiger partial charge is 0.0329 e. The van der Waals surface area contributed by atoms with Gasteiger partial charge in [-0.1, -0.05) is 13.8 Å². The van der Waals surface area contributed by atoms with E-state index in [0.29, 0.717) is 6.04 Å². The van der Waals surface area contributed by atoms with E-state index >= 15 is 0 Å². The fourth-order valence-electron chi connectivity index (χ4n) is 2.13. The van der Waals surface area contributed by atoms with Crippen LogP contribution in [0.3, 0.4) is 0 Å². The molecule has 1 aromatic rings. The normalized spacial score (nSPS) is 27.2. The van der Waals surface area contributed by atoms with Crippen LogP contribution >= 0.6 is 11.3 Å². The highest BCUT2D eigenvalue weighted by molar-refractivity contribution is 7.10. The van der Waals surface area contributed by atoms with E-state index in [0.717, 1.165) is 5.92 Å². The van der Waals surface area contributed by atoms with Crippen molar-refractivity contribution in [2.75, 3.05) is 6.54 Å². The molecule has 1 aliphatic heterocycles. The third kappa shape index (κ3) is 1.53. The second-order valence-corrected chi connectivity index (χ2v) is 4.66. The van der Waals surface area contributed by atoms with E-state index in [2.05, 4.69) is 30.6 Å². The van der Waals surface area contributed by atoms with Crippen LogP contribution in [0.5, 0.6) is 0 Å². The Morgan fingerprint density at radius 1 is 1.46 bits per heavy atom. The summed E-state index contributed by atoms with van der Waals surface area (Å²) in [6.45, 7) is 5.70. The van der Waals surface area contributed by atoms with Gasteiger partial charge in [0.05, 0.1) is 0 Å². The zero-order valence-corrected chi connectivity index (χ0v) is 9.16. The minimum Gasteiger partial charge on any atom is -0.309 e. The Hall–Kier alpha value is -0.340. The van der Waals surface area contributed by atoms with Crippen molar-refractivity contribution in [3.8, 4) is 0 Å². The first kappa shape index (κ1) is 9.22. The fourth-order valence-corrected chi connectivity index (χ4v) is 3.28. The Morgan fingerprint density at radius 3 is 3.00 bits per heavy atom. The molecular weight excluding hydrogens is 178 g/mol. The molecular formula is C11H17NS. The molecule has 1 aliphatic rings. The van der Waals surface area contributed by atoms with Crippen LogP contribution in [-0.4, -0.2) is 6.54 Å². The molecule has 0 radical (unpaired) electrons. The Labute approximate surface area is 84.2 Å². The lowest BCUT2D eigenvalue weighted by Gasteiger charge is -2.29. The van der Waals surface area contributed by atoms with E-state index in [1.807, 2.05) is 11.3 Å². The summed E-state index contributed by atoms with van der Waals surface area (Å²) in [5.74, 6) is 0.762. The van der Waals surface area contributed by atoms with Crippen molar-refractivity contribution in [3.63, 3.8) is 0 Å². The maximum atomic E-state index is 3.62. The van der Waals surface area contributed by atoms with Gasteiger partial charge in [0.25, 0.3) is 0 Å². The van der Waals surface area contributed by atoms with Crippen molar-refractivity contribution in [2.45, 2.75) is 38.6 Å². The summed E-state index contributed by atoms with van der Waals surface area (Å²) in [5, 5.41) is 5.86. The van der Waals surface area contributed by atoms with Crippen molar-refractivity contribution in [2.24, 2.45) is 0 Å². The van der Waals surface area contributed by atoms with Gasteiger partial charge >= 0.3 is 0 Å². The van der Waals surface area contributed by atoms with E-state index in [1.165, 1.54) is 19.4 Å². The van der Waals surface area contributed by atoms with E-state index in [4.69, 9.17) is 0 Å².